The molecule has 1 saturated heterocycles. The molecule has 17 heavy (non-hydrogen) atoms. The van der Waals surface area contributed by atoms with E-state index in [9.17, 15) is 15.0 Å². The first-order valence-electron chi connectivity index (χ1n) is 5.87. The summed E-state index contributed by atoms with van der Waals surface area (Å²) in [6, 6.07) is -0.544. The first kappa shape index (κ1) is 9.54. The lowest BCUT2D eigenvalue weighted by Gasteiger charge is -2.16. The van der Waals surface area contributed by atoms with Crippen LogP contribution in [0.4, 0.5) is 0 Å². The van der Waals surface area contributed by atoms with Crippen molar-refractivity contribution in [2.45, 2.75) is 24.5 Å². The van der Waals surface area contributed by atoms with E-state index in [4.69, 9.17) is 18.0 Å². The van der Waals surface area contributed by atoms with Gasteiger partial charge in [-0.05, 0) is 6.04 Å². The molecular formula is C9H13N3O5. The molecule has 1 fully saturated rings. The molecule has 0 aliphatic carbocycles. The van der Waals surface area contributed by atoms with Crippen molar-refractivity contribution >= 4 is 0 Å². The van der Waals surface area contributed by atoms with Crippen molar-refractivity contribution < 1.29 is 22.8 Å². The van der Waals surface area contributed by atoms with Crippen LogP contribution in [0, 0.1) is 5.41 Å². The summed E-state index contributed by atoms with van der Waals surface area (Å²) < 4.78 is 20.8. The van der Waals surface area contributed by atoms with Gasteiger partial charge in [0.05, 0.1) is 9.35 Å². The van der Waals surface area contributed by atoms with E-state index >= 15 is 0 Å². The van der Waals surface area contributed by atoms with Crippen molar-refractivity contribution in [1.29, 1.82) is 5.41 Å². The third-order valence-electron chi connectivity index (χ3n) is 2.52. The van der Waals surface area contributed by atoms with Gasteiger partial charge in [0.25, 0.3) is 0 Å². The van der Waals surface area contributed by atoms with Crippen LogP contribution in [0.5, 0.6) is 0 Å². The van der Waals surface area contributed by atoms with Crippen LogP contribution in [0.25, 0.3) is 0 Å². The van der Waals surface area contributed by atoms with Crippen molar-refractivity contribution in [1.82, 2.24) is 9.55 Å². The van der Waals surface area contributed by atoms with Gasteiger partial charge in [0, 0.05) is 6.17 Å². The van der Waals surface area contributed by atoms with E-state index in [0.717, 1.165) is 0 Å². The Kier molecular flexibility index (Phi) is 2.48. The van der Waals surface area contributed by atoms with Crippen LogP contribution in [0.15, 0.2) is 17.0 Å². The first-order chi connectivity index (χ1) is 8.88. The molecule has 94 valence electrons. The van der Waals surface area contributed by atoms with E-state index in [2.05, 4.69) is 0 Å². The topological polar surface area (TPSA) is 132 Å². The zero-order valence-corrected chi connectivity index (χ0v) is 8.62. The maximum absolute atomic E-state index is 11.7. The highest BCUT2D eigenvalue weighted by atomic mass is 16.6. The Hall–Kier alpha value is -1.48. The second kappa shape index (κ2) is 4.41. The Morgan fingerprint density at radius 1 is 1.59 bits per heavy atom. The zero-order valence-electron chi connectivity index (χ0n) is 10.6. The number of H-pyrrole nitrogens is 1. The largest absolute Gasteiger partial charge is 0.394 e. The highest BCUT2D eigenvalue weighted by molar-refractivity contribution is 4.92. The summed E-state index contributed by atoms with van der Waals surface area (Å²) in [5.74, 6) is 0. The average molecular weight is 245 g/mol. The molecule has 0 saturated carbocycles. The van der Waals surface area contributed by atoms with Gasteiger partial charge in [0.2, 0.25) is 0 Å². The second-order valence-electron chi connectivity index (χ2n) is 3.64. The van der Waals surface area contributed by atoms with Crippen LogP contribution >= 0.6 is 0 Å². The van der Waals surface area contributed by atoms with Gasteiger partial charge < -0.3 is 20.1 Å². The molecule has 4 atom stereocenters. The molecule has 1 aromatic heterocycles. The zero-order chi connectivity index (χ0) is 14.3. The fraction of sp³-hybridized carbons (Fsp3) is 0.556. The number of nitrogens with zero attached hydrogens (tertiary/aromatic N) is 1. The van der Waals surface area contributed by atoms with Gasteiger partial charge >= 0.3 is 5.69 Å². The monoisotopic (exact) mass is 245 g/mol. The van der Waals surface area contributed by atoms with Crippen LogP contribution in [-0.2, 0) is 4.74 Å². The van der Waals surface area contributed by atoms with Crippen molar-refractivity contribution in [2.75, 3.05) is 6.61 Å². The normalized spacial score (nSPS) is 34.5. The van der Waals surface area contributed by atoms with E-state index in [0.29, 0.717) is 4.57 Å². The number of nitrogens with one attached hydrogen (secondary N) is 2. The van der Waals surface area contributed by atoms with Crippen LogP contribution in [-0.4, -0.2) is 49.8 Å². The highest BCUT2D eigenvalue weighted by Crippen LogP contribution is 2.27. The Balaban J connectivity index is 2.52. The molecule has 1 aliphatic heterocycles. The number of rotatable bonds is 2. The summed E-state index contributed by atoms with van der Waals surface area (Å²) in [4.78, 5) is 13.7. The summed E-state index contributed by atoms with van der Waals surface area (Å²) in [7, 11) is 0. The van der Waals surface area contributed by atoms with E-state index in [1.165, 1.54) is 0 Å². The smallest absolute Gasteiger partial charge is 0.329 e. The lowest BCUT2D eigenvalue weighted by Crippen LogP contribution is -2.37. The summed E-state index contributed by atoms with van der Waals surface area (Å²) in [5.41, 5.74) is -1.45. The van der Waals surface area contributed by atoms with Gasteiger partial charge in [-0.25, -0.2) is 4.79 Å². The fourth-order valence-corrected chi connectivity index (χ4v) is 1.64. The van der Waals surface area contributed by atoms with Gasteiger partial charge in [-0.1, -0.05) is 0 Å². The number of aromatic nitrogens is 2. The van der Waals surface area contributed by atoms with E-state index < -0.39 is 54.5 Å². The average Bonchev–Trinajstić information content (AvgIpc) is 2.64. The Morgan fingerprint density at radius 3 is 2.88 bits per heavy atom. The van der Waals surface area contributed by atoms with E-state index in [-0.39, 0.29) is 0 Å². The molecule has 2 rings (SSSR count). The molecule has 1 aromatic rings. The van der Waals surface area contributed by atoms with E-state index in [1.54, 1.807) is 0 Å². The molecule has 0 spiro atoms. The molecule has 2 heterocycles. The number of ether oxygens (including phenoxy) is 1. The molecule has 8 heteroatoms. The summed E-state index contributed by atoms with van der Waals surface area (Å²) in [6.07, 6.45) is -6.04. The van der Waals surface area contributed by atoms with Crippen LogP contribution < -0.4 is 11.2 Å². The minimum atomic E-state index is -1.52. The highest BCUT2D eigenvalue weighted by Gasteiger charge is 2.43. The maximum atomic E-state index is 11.7. The second-order valence-corrected chi connectivity index (χ2v) is 3.64. The standard InChI is InChI=1S/C9H13N3O5/c10-5-1-2-12(9(16)11-5)8-7(15)6(14)4(3-13)17-8/h1-2,4,6-8,13-15H,3H2,(H2,10,11,16)/t4-,6-,7-,8-/m1/s1/i1D,2D. The molecule has 8 nitrogen and oxygen atoms in total. The number of aliphatic hydroxyl groups excluding tert-OH is 3. The molecule has 0 aromatic carbocycles. The van der Waals surface area contributed by atoms with Crippen LogP contribution in [0.3, 0.4) is 0 Å². The molecule has 5 N–H and O–H groups in total. The summed E-state index contributed by atoms with van der Waals surface area (Å²) >= 11 is 0. The Morgan fingerprint density at radius 2 is 2.29 bits per heavy atom. The quantitative estimate of drug-likeness (QED) is 0.386. The minimum Gasteiger partial charge on any atom is -0.394 e. The van der Waals surface area contributed by atoms with Crippen molar-refractivity contribution in [2.24, 2.45) is 0 Å². The minimum absolute atomic E-state index is 0.530. The van der Waals surface area contributed by atoms with Crippen LogP contribution in [0.2, 0.25) is 0 Å². The molecule has 0 bridgehead atoms. The van der Waals surface area contributed by atoms with Crippen molar-refractivity contribution in [3.05, 3.63) is 28.2 Å². The van der Waals surface area contributed by atoms with Gasteiger partial charge in [-0.15, -0.1) is 0 Å². The molecule has 1 aliphatic rings. The predicted molar refractivity (Wildman–Crippen MR) is 53.9 cm³/mol. The van der Waals surface area contributed by atoms with Crippen molar-refractivity contribution in [3.63, 3.8) is 0 Å². The predicted octanol–water partition coefficient (Wildman–Crippen LogP) is -2.73. The van der Waals surface area contributed by atoms with Crippen molar-refractivity contribution in [3.8, 4) is 0 Å². The molecule has 0 radical (unpaired) electrons. The summed E-state index contributed by atoms with van der Waals surface area (Å²) in [5, 5.41) is 35.6. The number of hydrogen-bond acceptors (Lipinski definition) is 6. The fourth-order valence-electron chi connectivity index (χ4n) is 1.64. The van der Waals surface area contributed by atoms with Gasteiger partial charge in [0.1, 0.15) is 23.8 Å². The third kappa shape index (κ3) is 2.03. The van der Waals surface area contributed by atoms with Gasteiger partial charge in [-0.2, -0.15) is 0 Å². The Bertz CT molecular complexity index is 600. The van der Waals surface area contributed by atoms with E-state index in [1.807, 2.05) is 4.98 Å². The van der Waals surface area contributed by atoms with Crippen LogP contribution in [0.1, 0.15) is 8.97 Å². The molecule has 0 amide bonds. The van der Waals surface area contributed by atoms with Gasteiger partial charge in [-0.3, -0.25) is 15.0 Å². The Labute approximate surface area is 98.1 Å². The van der Waals surface area contributed by atoms with Gasteiger partial charge in [0.15, 0.2) is 6.23 Å². The first-order valence-corrected chi connectivity index (χ1v) is 4.87. The number of aromatic amines is 1. The molecular weight excluding hydrogens is 230 g/mol. The third-order valence-corrected chi connectivity index (χ3v) is 2.52. The maximum Gasteiger partial charge on any atom is 0.329 e. The summed E-state index contributed by atoms with van der Waals surface area (Å²) in [6.45, 7) is -0.565. The molecule has 0 unspecified atom stereocenters. The SMILES string of the molecule is [2H]c1c([2H])n([C@@H]2O[C@H](CO)[C@@H](O)[C@H]2O)c(=O)[nH]c1=N. The number of aliphatic hydroxyl groups is 3. The lowest BCUT2D eigenvalue weighted by atomic mass is 10.1. The number of hydrogen-bond donors (Lipinski definition) is 5. The lowest BCUT2D eigenvalue weighted by molar-refractivity contribution is -0.0550.